The summed E-state index contributed by atoms with van der Waals surface area (Å²) in [5.74, 6) is 0.0381. The number of hydrogen-bond donors (Lipinski definition) is 0. The Morgan fingerprint density at radius 1 is 1.11 bits per heavy atom. The molecule has 0 aromatic heterocycles. The lowest BCUT2D eigenvalue weighted by Gasteiger charge is -2.47. The van der Waals surface area contributed by atoms with Gasteiger partial charge in [0.2, 0.25) is 6.41 Å². The number of likely N-dealkylation sites (tertiary alicyclic amines) is 2. The van der Waals surface area contributed by atoms with Crippen molar-refractivity contribution in [3.05, 3.63) is 29.8 Å². The van der Waals surface area contributed by atoms with E-state index in [-0.39, 0.29) is 11.7 Å². The lowest BCUT2D eigenvalue weighted by atomic mass is 9.78. The zero-order chi connectivity index (χ0) is 19.1. The van der Waals surface area contributed by atoms with Gasteiger partial charge in [-0.2, -0.15) is 0 Å². The number of amides is 1. The Labute approximate surface area is 157 Å². The molecule has 1 spiro atoms. The first-order chi connectivity index (χ1) is 12.9. The van der Waals surface area contributed by atoms with E-state index in [1.54, 1.807) is 18.2 Å². The highest BCUT2D eigenvalue weighted by Crippen LogP contribution is 2.47. The van der Waals surface area contributed by atoms with Crippen LogP contribution in [0.1, 0.15) is 43.6 Å². The lowest BCUT2D eigenvalue weighted by Crippen LogP contribution is -2.55. The predicted octanol–water partition coefficient (Wildman–Crippen LogP) is 3.78. The van der Waals surface area contributed by atoms with Crippen molar-refractivity contribution in [2.75, 3.05) is 26.2 Å². The Morgan fingerprint density at radius 3 is 2.48 bits per heavy atom. The van der Waals surface area contributed by atoms with Crippen LogP contribution in [0.5, 0.6) is 5.75 Å². The zero-order valence-electron chi connectivity index (χ0n) is 15.3. The van der Waals surface area contributed by atoms with Crippen molar-refractivity contribution < 1.29 is 22.7 Å². The van der Waals surface area contributed by atoms with Gasteiger partial charge in [0.1, 0.15) is 5.75 Å². The molecule has 1 saturated carbocycles. The molecule has 27 heavy (non-hydrogen) atoms. The molecule has 1 unspecified atom stereocenters. The van der Waals surface area contributed by atoms with Crippen LogP contribution in [-0.2, 0) is 4.79 Å². The number of carbonyl (C=O) groups excluding carboxylic acids is 1. The summed E-state index contributed by atoms with van der Waals surface area (Å²) in [5, 5.41) is 0. The second kappa shape index (κ2) is 7.00. The molecule has 1 amide bonds. The SMILES string of the molecule is O=CN1CC2(CCC(N3CCC(c4ccccc4OC(F)(F)F)CC3)C2)C1. The molecule has 0 N–H and O–H groups in total. The Balaban J connectivity index is 1.34. The van der Waals surface area contributed by atoms with Crippen LogP contribution in [0.25, 0.3) is 0 Å². The summed E-state index contributed by atoms with van der Waals surface area (Å²) in [7, 11) is 0. The summed E-state index contributed by atoms with van der Waals surface area (Å²) < 4.78 is 42.2. The normalized spacial score (nSPS) is 26.2. The number of alkyl halides is 3. The molecular formula is C20H25F3N2O2. The van der Waals surface area contributed by atoms with Crippen LogP contribution in [0.15, 0.2) is 24.3 Å². The van der Waals surface area contributed by atoms with Crippen molar-refractivity contribution >= 4 is 6.41 Å². The molecule has 1 aromatic rings. The van der Waals surface area contributed by atoms with E-state index in [0.29, 0.717) is 17.0 Å². The fourth-order valence-electron chi connectivity index (χ4n) is 5.28. The number of benzene rings is 1. The van der Waals surface area contributed by atoms with Gasteiger partial charge in [0.05, 0.1) is 0 Å². The quantitative estimate of drug-likeness (QED) is 0.743. The first-order valence-corrected chi connectivity index (χ1v) is 9.66. The van der Waals surface area contributed by atoms with Gasteiger partial charge >= 0.3 is 6.36 Å². The molecule has 4 nitrogen and oxygen atoms in total. The van der Waals surface area contributed by atoms with Crippen LogP contribution in [0.2, 0.25) is 0 Å². The molecule has 7 heteroatoms. The number of hydrogen-bond acceptors (Lipinski definition) is 3. The van der Waals surface area contributed by atoms with Gasteiger partial charge in [-0.1, -0.05) is 18.2 Å². The average molecular weight is 382 g/mol. The van der Waals surface area contributed by atoms with Crippen LogP contribution in [0.4, 0.5) is 13.2 Å². The van der Waals surface area contributed by atoms with Gasteiger partial charge in [-0.15, -0.1) is 13.2 Å². The molecule has 2 aliphatic heterocycles. The number of rotatable bonds is 4. The van der Waals surface area contributed by atoms with Crippen molar-refractivity contribution in [2.24, 2.45) is 5.41 Å². The highest BCUT2D eigenvalue weighted by atomic mass is 19.4. The Hall–Kier alpha value is -1.76. The Morgan fingerprint density at radius 2 is 1.81 bits per heavy atom. The van der Waals surface area contributed by atoms with E-state index < -0.39 is 6.36 Å². The van der Waals surface area contributed by atoms with Crippen molar-refractivity contribution in [3.63, 3.8) is 0 Å². The summed E-state index contributed by atoms with van der Waals surface area (Å²) in [5.41, 5.74) is 0.980. The van der Waals surface area contributed by atoms with Crippen molar-refractivity contribution in [1.29, 1.82) is 0 Å². The minimum absolute atomic E-state index is 0.0632. The number of ether oxygens (including phenoxy) is 1. The number of nitrogens with zero attached hydrogens (tertiary/aromatic N) is 2. The molecular weight excluding hydrogens is 357 g/mol. The van der Waals surface area contributed by atoms with E-state index in [1.807, 2.05) is 4.90 Å². The van der Waals surface area contributed by atoms with E-state index in [2.05, 4.69) is 9.64 Å². The molecule has 3 aliphatic rings. The third-order valence-corrected chi connectivity index (χ3v) is 6.53. The molecule has 1 aromatic carbocycles. The standard InChI is InChI=1S/C20H25F3N2O2/c21-20(22,23)27-18-4-2-1-3-17(18)15-6-9-25(10-7-15)16-5-8-19(11-16)12-24(13-19)14-26/h1-4,14-16H,5-13H2. The van der Waals surface area contributed by atoms with Gasteiger partial charge < -0.3 is 14.5 Å². The van der Waals surface area contributed by atoms with Gasteiger partial charge in [0.15, 0.2) is 0 Å². The fourth-order valence-corrected chi connectivity index (χ4v) is 5.28. The van der Waals surface area contributed by atoms with E-state index in [9.17, 15) is 18.0 Å². The van der Waals surface area contributed by atoms with Gasteiger partial charge in [-0.25, -0.2) is 0 Å². The molecule has 2 heterocycles. The largest absolute Gasteiger partial charge is 0.573 e. The Kier molecular flexibility index (Phi) is 4.82. The topological polar surface area (TPSA) is 32.8 Å². The van der Waals surface area contributed by atoms with Crippen LogP contribution >= 0.6 is 0 Å². The predicted molar refractivity (Wildman–Crippen MR) is 94.4 cm³/mol. The highest BCUT2D eigenvalue weighted by Gasteiger charge is 2.49. The summed E-state index contributed by atoms with van der Waals surface area (Å²) >= 11 is 0. The van der Waals surface area contributed by atoms with Crippen LogP contribution in [-0.4, -0.2) is 54.8 Å². The lowest BCUT2D eigenvalue weighted by molar-refractivity contribution is -0.275. The fraction of sp³-hybridized carbons (Fsp3) is 0.650. The van der Waals surface area contributed by atoms with Crippen molar-refractivity contribution in [2.45, 2.75) is 50.4 Å². The molecule has 0 radical (unpaired) electrons. The second-order valence-electron chi connectivity index (χ2n) is 8.30. The molecule has 1 atom stereocenters. The number of carbonyl (C=O) groups is 1. The van der Waals surface area contributed by atoms with Crippen LogP contribution in [0, 0.1) is 5.41 Å². The maximum absolute atomic E-state index is 12.7. The van der Waals surface area contributed by atoms with E-state index in [1.165, 1.54) is 12.5 Å². The maximum atomic E-state index is 12.7. The van der Waals surface area contributed by atoms with Crippen LogP contribution < -0.4 is 4.74 Å². The summed E-state index contributed by atoms with van der Waals surface area (Å²) in [6.45, 7) is 3.57. The van der Waals surface area contributed by atoms with Crippen molar-refractivity contribution in [1.82, 2.24) is 9.80 Å². The van der Waals surface area contributed by atoms with Gasteiger partial charge in [0, 0.05) is 24.5 Å². The molecule has 0 bridgehead atoms. The summed E-state index contributed by atoms with van der Waals surface area (Å²) in [4.78, 5) is 15.2. The first-order valence-electron chi connectivity index (χ1n) is 9.66. The van der Waals surface area contributed by atoms with Gasteiger partial charge in [-0.05, 0) is 62.7 Å². The zero-order valence-corrected chi connectivity index (χ0v) is 15.3. The highest BCUT2D eigenvalue weighted by molar-refractivity contribution is 5.49. The molecule has 2 saturated heterocycles. The average Bonchev–Trinajstić information content (AvgIpc) is 3.05. The third-order valence-electron chi connectivity index (χ3n) is 6.53. The van der Waals surface area contributed by atoms with Crippen molar-refractivity contribution in [3.8, 4) is 5.75 Å². The number of piperidine rings is 1. The number of para-hydroxylation sites is 1. The molecule has 4 rings (SSSR count). The molecule has 3 fully saturated rings. The van der Waals surface area contributed by atoms with E-state index in [0.717, 1.165) is 58.3 Å². The summed E-state index contributed by atoms with van der Waals surface area (Å²) in [6, 6.07) is 7.07. The minimum Gasteiger partial charge on any atom is -0.405 e. The molecule has 1 aliphatic carbocycles. The first kappa shape index (κ1) is 18.6. The minimum atomic E-state index is -4.66. The summed E-state index contributed by atoms with van der Waals surface area (Å²) in [6.07, 6.45) is 1.44. The third kappa shape index (κ3) is 3.93. The van der Waals surface area contributed by atoms with E-state index in [4.69, 9.17) is 0 Å². The van der Waals surface area contributed by atoms with Gasteiger partial charge in [-0.3, -0.25) is 4.79 Å². The smallest absolute Gasteiger partial charge is 0.405 e. The number of halogens is 3. The molecule has 148 valence electrons. The van der Waals surface area contributed by atoms with E-state index >= 15 is 0 Å². The second-order valence-corrected chi connectivity index (χ2v) is 8.30. The van der Waals surface area contributed by atoms with Crippen LogP contribution in [0.3, 0.4) is 0 Å². The monoisotopic (exact) mass is 382 g/mol. The Bertz CT molecular complexity index is 680. The van der Waals surface area contributed by atoms with Gasteiger partial charge in [0.25, 0.3) is 0 Å². The maximum Gasteiger partial charge on any atom is 0.573 e.